The molecule has 0 saturated heterocycles. The number of aliphatic carboxylic acids is 1. The SMILES string of the molecule is CC(Cc1cccs1)N(C)C(=O)C1CCC(C(=O)O)C1. The molecule has 3 atom stereocenters. The molecule has 4 nitrogen and oxygen atoms in total. The second-order valence-electron chi connectivity index (χ2n) is 5.63. The highest BCUT2D eigenvalue weighted by atomic mass is 32.1. The molecule has 3 unspecified atom stereocenters. The number of carbonyl (C=O) groups is 2. The van der Waals surface area contributed by atoms with Crippen molar-refractivity contribution in [2.45, 2.75) is 38.6 Å². The van der Waals surface area contributed by atoms with Crippen LogP contribution in [-0.2, 0) is 16.0 Å². The normalized spacial score (nSPS) is 23.5. The molecule has 1 aromatic rings. The van der Waals surface area contributed by atoms with Crippen molar-refractivity contribution >= 4 is 23.2 Å². The monoisotopic (exact) mass is 295 g/mol. The van der Waals surface area contributed by atoms with Crippen molar-refractivity contribution in [2.75, 3.05) is 7.05 Å². The smallest absolute Gasteiger partial charge is 0.306 e. The van der Waals surface area contributed by atoms with Crippen molar-refractivity contribution < 1.29 is 14.7 Å². The first-order valence-electron chi connectivity index (χ1n) is 7.01. The Balaban J connectivity index is 1.90. The first-order chi connectivity index (χ1) is 9.49. The molecule has 1 fully saturated rings. The summed E-state index contributed by atoms with van der Waals surface area (Å²) in [5.41, 5.74) is 0. The van der Waals surface area contributed by atoms with E-state index in [-0.39, 0.29) is 23.8 Å². The molecule has 0 radical (unpaired) electrons. The van der Waals surface area contributed by atoms with Crippen LogP contribution in [0.3, 0.4) is 0 Å². The van der Waals surface area contributed by atoms with Crippen LogP contribution in [0.15, 0.2) is 17.5 Å². The van der Waals surface area contributed by atoms with Crippen molar-refractivity contribution in [3.63, 3.8) is 0 Å². The molecule has 0 bridgehead atoms. The van der Waals surface area contributed by atoms with E-state index in [0.717, 1.165) is 6.42 Å². The molecule has 0 spiro atoms. The number of thiophene rings is 1. The molecule has 110 valence electrons. The molecule has 1 saturated carbocycles. The van der Waals surface area contributed by atoms with Crippen LogP contribution in [0.1, 0.15) is 31.1 Å². The lowest BCUT2D eigenvalue weighted by Crippen LogP contribution is -2.39. The summed E-state index contributed by atoms with van der Waals surface area (Å²) in [6, 6.07) is 4.24. The Morgan fingerprint density at radius 1 is 1.45 bits per heavy atom. The van der Waals surface area contributed by atoms with Gasteiger partial charge in [-0.15, -0.1) is 11.3 Å². The summed E-state index contributed by atoms with van der Waals surface area (Å²) in [7, 11) is 1.83. The number of carboxylic acids is 1. The zero-order chi connectivity index (χ0) is 14.7. The lowest BCUT2D eigenvalue weighted by molar-refractivity contribution is -0.141. The van der Waals surface area contributed by atoms with E-state index in [1.54, 1.807) is 16.2 Å². The van der Waals surface area contributed by atoms with Crippen LogP contribution in [0, 0.1) is 11.8 Å². The largest absolute Gasteiger partial charge is 0.481 e. The second-order valence-corrected chi connectivity index (χ2v) is 6.66. The quantitative estimate of drug-likeness (QED) is 0.908. The summed E-state index contributed by atoms with van der Waals surface area (Å²) in [6.45, 7) is 2.04. The molecule has 1 aliphatic carbocycles. The highest BCUT2D eigenvalue weighted by Gasteiger charge is 2.35. The van der Waals surface area contributed by atoms with Crippen molar-refractivity contribution in [3.8, 4) is 0 Å². The van der Waals surface area contributed by atoms with E-state index in [1.165, 1.54) is 4.88 Å². The van der Waals surface area contributed by atoms with Gasteiger partial charge in [0.15, 0.2) is 0 Å². The summed E-state index contributed by atoms with van der Waals surface area (Å²) >= 11 is 1.70. The Labute approximate surface area is 123 Å². The van der Waals surface area contributed by atoms with E-state index in [0.29, 0.717) is 19.3 Å². The molecule has 1 amide bonds. The van der Waals surface area contributed by atoms with Gasteiger partial charge in [0, 0.05) is 30.3 Å². The zero-order valence-corrected chi connectivity index (χ0v) is 12.7. The molecule has 1 aromatic heterocycles. The topological polar surface area (TPSA) is 57.6 Å². The van der Waals surface area contributed by atoms with Gasteiger partial charge in [-0.1, -0.05) is 6.07 Å². The van der Waals surface area contributed by atoms with Gasteiger partial charge < -0.3 is 10.0 Å². The van der Waals surface area contributed by atoms with Crippen LogP contribution in [0.2, 0.25) is 0 Å². The Bertz CT molecular complexity index is 471. The molecular formula is C15H21NO3S. The van der Waals surface area contributed by atoms with Crippen LogP contribution < -0.4 is 0 Å². The van der Waals surface area contributed by atoms with E-state index in [4.69, 9.17) is 5.11 Å². The summed E-state index contributed by atoms with van der Waals surface area (Å²) in [6.07, 6.45) is 2.67. The standard InChI is InChI=1S/C15H21NO3S/c1-10(8-13-4-3-7-20-13)16(2)14(17)11-5-6-12(9-11)15(18)19/h3-4,7,10-12H,5-6,8-9H2,1-2H3,(H,18,19). The number of rotatable bonds is 5. The second kappa shape index (κ2) is 6.39. The van der Waals surface area contributed by atoms with Crippen molar-refractivity contribution in [3.05, 3.63) is 22.4 Å². The number of likely N-dealkylation sites (N-methyl/N-ethyl adjacent to an activating group) is 1. The third-order valence-corrected chi connectivity index (χ3v) is 5.12. The van der Waals surface area contributed by atoms with Gasteiger partial charge >= 0.3 is 5.97 Å². The number of hydrogen-bond donors (Lipinski definition) is 1. The molecule has 1 aliphatic rings. The highest BCUT2D eigenvalue weighted by molar-refractivity contribution is 7.09. The van der Waals surface area contributed by atoms with Gasteiger partial charge in [0.25, 0.3) is 0 Å². The maximum absolute atomic E-state index is 12.4. The number of hydrogen-bond acceptors (Lipinski definition) is 3. The van der Waals surface area contributed by atoms with E-state index < -0.39 is 5.97 Å². The Morgan fingerprint density at radius 2 is 2.15 bits per heavy atom. The van der Waals surface area contributed by atoms with Crippen LogP contribution in [0.25, 0.3) is 0 Å². The molecule has 1 heterocycles. The highest BCUT2D eigenvalue weighted by Crippen LogP contribution is 2.32. The van der Waals surface area contributed by atoms with Gasteiger partial charge in [0.05, 0.1) is 5.92 Å². The van der Waals surface area contributed by atoms with Gasteiger partial charge in [-0.05, 0) is 37.6 Å². The molecule has 20 heavy (non-hydrogen) atoms. The van der Waals surface area contributed by atoms with E-state index >= 15 is 0 Å². The third-order valence-electron chi connectivity index (χ3n) is 4.22. The van der Waals surface area contributed by atoms with Gasteiger partial charge in [0.1, 0.15) is 0 Å². The average Bonchev–Trinajstić information content (AvgIpc) is 3.07. The molecule has 1 N–H and O–H groups in total. The minimum absolute atomic E-state index is 0.0952. The lowest BCUT2D eigenvalue weighted by Gasteiger charge is -2.27. The van der Waals surface area contributed by atoms with Crippen LogP contribution in [-0.4, -0.2) is 35.0 Å². The van der Waals surface area contributed by atoms with E-state index in [1.807, 2.05) is 25.4 Å². The van der Waals surface area contributed by atoms with E-state index in [2.05, 4.69) is 6.07 Å². The third kappa shape index (κ3) is 3.39. The fourth-order valence-electron chi connectivity index (χ4n) is 2.79. The van der Waals surface area contributed by atoms with Gasteiger partial charge in [0.2, 0.25) is 5.91 Å². The molecule has 5 heteroatoms. The first-order valence-corrected chi connectivity index (χ1v) is 7.89. The lowest BCUT2D eigenvalue weighted by atomic mass is 10.0. The summed E-state index contributed by atoms with van der Waals surface area (Å²) in [4.78, 5) is 26.4. The van der Waals surface area contributed by atoms with E-state index in [9.17, 15) is 9.59 Å². The van der Waals surface area contributed by atoms with Gasteiger partial charge in [-0.25, -0.2) is 0 Å². The van der Waals surface area contributed by atoms with Crippen molar-refractivity contribution in [1.82, 2.24) is 4.90 Å². The maximum Gasteiger partial charge on any atom is 0.306 e. The molecular weight excluding hydrogens is 274 g/mol. The average molecular weight is 295 g/mol. The predicted octanol–water partition coefficient (Wildman–Crippen LogP) is 2.64. The molecule has 0 aromatic carbocycles. The minimum atomic E-state index is -0.769. The predicted molar refractivity (Wildman–Crippen MR) is 78.7 cm³/mol. The van der Waals surface area contributed by atoms with Crippen LogP contribution in [0.5, 0.6) is 0 Å². The number of carboxylic acid groups (broad SMARTS) is 1. The van der Waals surface area contributed by atoms with Crippen molar-refractivity contribution in [1.29, 1.82) is 0 Å². The van der Waals surface area contributed by atoms with Crippen LogP contribution >= 0.6 is 11.3 Å². The molecule has 2 rings (SSSR count). The fourth-order valence-corrected chi connectivity index (χ4v) is 3.62. The van der Waals surface area contributed by atoms with Gasteiger partial charge in [-0.2, -0.15) is 0 Å². The summed E-state index contributed by atoms with van der Waals surface area (Å²) in [5, 5.41) is 11.0. The zero-order valence-electron chi connectivity index (χ0n) is 11.9. The number of nitrogens with zero attached hydrogens (tertiary/aromatic N) is 1. The first kappa shape index (κ1) is 15.0. The summed E-state index contributed by atoms with van der Waals surface area (Å²) < 4.78 is 0. The number of amides is 1. The Hall–Kier alpha value is -1.36. The number of carbonyl (C=O) groups excluding carboxylic acids is 1. The van der Waals surface area contributed by atoms with Crippen molar-refractivity contribution in [2.24, 2.45) is 11.8 Å². The maximum atomic E-state index is 12.4. The Morgan fingerprint density at radius 3 is 2.70 bits per heavy atom. The van der Waals surface area contributed by atoms with Gasteiger partial charge in [-0.3, -0.25) is 9.59 Å². The fraction of sp³-hybridized carbons (Fsp3) is 0.600. The minimum Gasteiger partial charge on any atom is -0.481 e. The Kier molecular flexibility index (Phi) is 4.81. The summed E-state index contributed by atoms with van der Waals surface area (Å²) in [5.74, 6) is -1.13. The molecule has 0 aliphatic heterocycles. The van der Waals surface area contributed by atoms with Crippen LogP contribution in [0.4, 0.5) is 0 Å².